The minimum atomic E-state index is -0.295. The summed E-state index contributed by atoms with van der Waals surface area (Å²) >= 11 is 0. The summed E-state index contributed by atoms with van der Waals surface area (Å²) in [5.74, 6) is 1.30. The van der Waals surface area contributed by atoms with Crippen molar-refractivity contribution in [3.8, 4) is 28.3 Å². The molecule has 2 saturated heterocycles. The van der Waals surface area contributed by atoms with Crippen molar-refractivity contribution in [1.82, 2.24) is 14.5 Å². The highest BCUT2D eigenvalue weighted by Gasteiger charge is 2.21. The molecule has 0 N–H and O–H groups in total. The van der Waals surface area contributed by atoms with Crippen molar-refractivity contribution >= 4 is 5.82 Å². The molecular weight excluding hydrogens is 448 g/mol. The lowest BCUT2D eigenvalue weighted by Crippen LogP contribution is -2.36. The number of nitrogens with zero attached hydrogens (tertiary/aromatic N) is 4. The van der Waals surface area contributed by atoms with E-state index in [9.17, 15) is 4.79 Å². The van der Waals surface area contributed by atoms with Crippen LogP contribution in [0.4, 0.5) is 5.82 Å². The minimum absolute atomic E-state index is 0.151. The van der Waals surface area contributed by atoms with Gasteiger partial charge in [-0.05, 0) is 29.7 Å². The standard InChI is InChI=1S/C26H28N4O5/c31-26-28-25(35-17-21-16-33-11-12-34-21)14-23-22-3-1-18(13-19(22)5-6-30(23)26)20-2-4-24(27-15-20)29-7-9-32-10-8-29/h1-4,13-15,21H,5-12,16-17H2. The molecule has 6 rings (SSSR count). The van der Waals surface area contributed by atoms with E-state index >= 15 is 0 Å². The van der Waals surface area contributed by atoms with Crippen molar-refractivity contribution in [3.63, 3.8) is 0 Å². The monoisotopic (exact) mass is 476 g/mol. The third-order valence-corrected chi connectivity index (χ3v) is 6.69. The Kier molecular flexibility index (Phi) is 6.20. The highest BCUT2D eigenvalue weighted by atomic mass is 16.6. The fraction of sp³-hybridized carbons (Fsp3) is 0.423. The molecule has 0 amide bonds. The first kappa shape index (κ1) is 22.2. The summed E-state index contributed by atoms with van der Waals surface area (Å²) in [7, 11) is 0. The van der Waals surface area contributed by atoms with Gasteiger partial charge in [0, 0.05) is 43.0 Å². The summed E-state index contributed by atoms with van der Waals surface area (Å²) < 4.78 is 24.0. The Morgan fingerprint density at radius 2 is 1.86 bits per heavy atom. The molecule has 3 aliphatic heterocycles. The fourth-order valence-corrected chi connectivity index (χ4v) is 4.81. The number of benzene rings is 1. The van der Waals surface area contributed by atoms with E-state index < -0.39 is 0 Å². The molecule has 35 heavy (non-hydrogen) atoms. The Hall–Kier alpha value is -3.27. The van der Waals surface area contributed by atoms with Gasteiger partial charge >= 0.3 is 5.69 Å². The van der Waals surface area contributed by atoms with Gasteiger partial charge in [0.15, 0.2) is 0 Å². The van der Waals surface area contributed by atoms with Gasteiger partial charge in [0.1, 0.15) is 18.5 Å². The average Bonchev–Trinajstić information content (AvgIpc) is 2.92. The minimum Gasteiger partial charge on any atom is -0.475 e. The topological polar surface area (TPSA) is 87.9 Å². The van der Waals surface area contributed by atoms with Gasteiger partial charge in [0.25, 0.3) is 0 Å². The van der Waals surface area contributed by atoms with Crippen LogP contribution in [0.3, 0.4) is 0 Å². The Balaban J connectivity index is 1.23. The number of hydrogen-bond acceptors (Lipinski definition) is 8. The van der Waals surface area contributed by atoms with E-state index in [1.54, 1.807) is 4.57 Å². The number of hydrogen-bond donors (Lipinski definition) is 0. The van der Waals surface area contributed by atoms with Gasteiger partial charge < -0.3 is 23.8 Å². The Labute approximate surface area is 203 Å². The van der Waals surface area contributed by atoms with E-state index in [1.807, 2.05) is 12.3 Å². The molecule has 3 aromatic rings. The highest BCUT2D eigenvalue weighted by molar-refractivity contribution is 5.73. The first-order chi connectivity index (χ1) is 17.2. The zero-order valence-corrected chi connectivity index (χ0v) is 19.5. The molecule has 9 nitrogen and oxygen atoms in total. The van der Waals surface area contributed by atoms with Gasteiger partial charge in [0.2, 0.25) is 5.88 Å². The van der Waals surface area contributed by atoms with Crippen LogP contribution in [-0.4, -0.2) is 73.4 Å². The van der Waals surface area contributed by atoms with Crippen molar-refractivity contribution in [2.75, 3.05) is 57.6 Å². The molecule has 0 bridgehead atoms. The number of rotatable bonds is 5. The third kappa shape index (κ3) is 4.67. The maximum absolute atomic E-state index is 12.7. The molecule has 2 aromatic heterocycles. The quantitative estimate of drug-likeness (QED) is 0.554. The first-order valence-corrected chi connectivity index (χ1v) is 12.1. The van der Waals surface area contributed by atoms with Crippen LogP contribution < -0.4 is 15.3 Å². The number of anilines is 1. The lowest BCUT2D eigenvalue weighted by molar-refractivity contribution is -0.102. The number of pyridine rings is 1. The van der Waals surface area contributed by atoms with Crippen molar-refractivity contribution in [2.24, 2.45) is 0 Å². The molecule has 0 aliphatic carbocycles. The van der Waals surface area contributed by atoms with Crippen molar-refractivity contribution in [3.05, 3.63) is 58.6 Å². The molecule has 2 fully saturated rings. The lowest BCUT2D eigenvalue weighted by atomic mass is 9.94. The number of morpholine rings is 1. The second-order valence-corrected chi connectivity index (χ2v) is 8.92. The summed E-state index contributed by atoms with van der Waals surface area (Å²) in [6.07, 6.45) is 2.55. The second kappa shape index (κ2) is 9.77. The summed E-state index contributed by atoms with van der Waals surface area (Å²) in [6.45, 7) is 5.74. The van der Waals surface area contributed by atoms with Crippen molar-refractivity contribution in [2.45, 2.75) is 19.1 Å². The van der Waals surface area contributed by atoms with E-state index in [1.165, 1.54) is 5.56 Å². The molecule has 0 radical (unpaired) electrons. The summed E-state index contributed by atoms with van der Waals surface area (Å²) in [6, 6.07) is 12.4. The van der Waals surface area contributed by atoms with E-state index in [-0.39, 0.29) is 11.8 Å². The molecule has 0 saturated carbocycles. The molecule has 1 aromatic carbocycles. The zero-order chi connectivity index (χ0) is 23.6. The molecule has 182 valence electrons. The van der Waals surface area contributed by atoms with Crippen LogP contribution in [0.25, 0.3) is 22.4 Å². The smallest absolute Gasteiger partial charge is 0.351 e. The Morgan fingerprint density at radius 1 is 0.971 bits per heavy atom. The summed E-state index contributed by atoms with van der Waals surface area (Å²) in [5.41, 5.74) is 4.94. The van der Waals surface area contributed by atoms with Gasteiger partial charge in [-0.25, -0.2) is 9.78 Å². The predicted molar refractivity (Wildman–Crippen MR) is 130 cm³/mol. The van der Waals surface area contributed by atoms with Crippen LogP contribution in [0, 0.1) is 0 Å². The SMILES string of the molecule is O=c1nc(OCC2COCCO2)cc2n1CCc1cc(-c3ccc(N4CCOCC4)nc3)ccc1-2. The van der Waals surface area contributed by atoms with E-state index in [0.29, 0.717) is 38.9 Å². The maximum atomic E-state index is 12.7. The van der Waals surface area contributed by atoms with Gasteiger partial charge in [-0.15, -0.1) is 0 Å². The second-order valence-electron chi connectivity index (χ2n) is 8.92. The largest absolute Gasteiger partial charge is 0.475 e. The Bertz CT molecular complexity index is 1250. The van der Waals surface area contributed by atoms with Crippen LogP contribution in [0.1, 0.15) is 5.56 Å². The van der Waals surface area contributed by atoms with Crippen LogP contribution in [-0.2, 0) is 27.2 Å². The van der Waals surface area contributed by atoms with E-state index in [2.05, 4.69) is 45.2 Å². The van der Waals surface area contributed by atoms with Gasteiger partial charge in [-0.3, -0.25) is 4.57 Å². The van der Waals surface area contributed by atoms with Crippen molar-refractivity contribution in [1.29, 1.82) is 0 Å². The van der Waals surface area contributed by atoms with Crippen LogP contribution in [0.15, 0.2) is 47.4 Å². The number of aryl methyl sites for hydroxylation is 1. The molecular formula is C26H28N4O5. The van der Waals surface area contributed by atoms with E-state index in [0.717, 1.165) is 60.9 Å². The number of ether oxygens (including phenoxy) is 4. The molecule has 1 atom stereocenters. The predicted octanol–water partition coefficient (Wildman–Crippen LogP) is 2.16. The van der Waals surface area contributed by atoms with Gasteiger partial charge in [-0.2, -0.15) is 4.98 Å². The molecule has 3 aliphatic rings. The molecule has 0 spiro atoms. The summed E-state index contributed by atoms with van der Waals surface area (Å²) in [4.78, 5) is 23.8. The Morgan fingerprint density at radius 3 is 2.66 bits per heavy atom. The summed E-state index contributed by atoms with van der Waals surface area (Å²) in [5, 5.41) is 0. The molecule has 1 unspecified atom stereocenters. The molecule has 5 heterocycles. The van der Waals surface area contributed by atoms with Crippen LogP contribution in [0.5, 0.6) is 5.88 Å². The number of aromatic nitrogens is 3. The fourth-order valence-electron chi connectivity index (χ4n) is 4.81. The number of fused-ring (bicyclic) bond motifs is 3. The van der Waals surface area contributed by atoms with Gasteiger partial charge in [0.05, 0.1) is 38.7 Å². The van der Waals surface area contributed by atoms with Gasteiger partial charge in [-0.1, -0.05) is 18.2 Å². The van der Waals surface area contributed by atoms with Crippen molar-refractivity contribution < 1.29 is 18.9 Å². The normalized spacial score (nSPS) is 19.7. The highest BCUT2D eigenvalue weighted by Crippen LogP contribution is 2.33. The lowest BCUT2D eigenvalue weighted by Gasteiger charge is -2.27. The average molecular weight is 477 g/mol. The van der Waals surface area contributed by atoms with E-state index in [4.69, 9.17) is 18.9 Å². The third-order valence-electron chi connectivity index (χ3n) is 6.69. The maximum Gasteiger partial charge on any atom is 0.351 e. The van der Waals surface area contributed by atoms with Crippen LogP contribution in [0.2, 0.25) is 0 Å². The molecule has 9 heteroatoms. The zero-order valence-electron chi connectivity index (χ0n) is 19.5. The first-order valence-electron chi connectivity index (χ1n) is 12.1. The van der Waals surface area contributed by atoms with Crippen LogP contribution >= 0.6 is 0 Å².